The molecule has 0 fully saturated rings. The predicted octanol–water partition coefficient (Wildman–Crippen LogP) is 3.19. The summed E-state index contributed by atoms with van der Waals surface area (Å²) < 4.78 is 5.48. The molecule has 1 aliphatic carbocycles. The van der Waals surface area contributed by atoms with E-state index in [1.807, 2.05) is 48.5 Å². The van der Waals surface area contributed by atoms with Crippen LogP contribution < -0.4 is 10.6 Å². The first-order valence-corrected chi connectivity index (χ1v) is 11.8. The lowest BCUT2D eigenvalue weighted by Crippen LogP contribution is -2.52. The summed E-state index contributed by atoms with van der Waals surface area (Å²) in [6.07, 6.45) is 6.06. The number of aromatic nitrogens is 1. The van der Waals surface area contributed by atoms with Gasteiger partial charge in [0, 0.05) is 29.8 Å². The molecule has 0 saturated carbocycles. The van der Waals surface area contributed by atoms with Crippen LogP contribution in [0, 0.1) is 12.3 Å². The molecule has 0 aliphatic heterocycles. The van der Waals surface area contributed by atoms with E-state index in [0.717, 1.165) is 22.3 Å². The van der Waals surface area contributed by atoms with Gasteiger partial charge >= 0.3 is 12.1 Å². The van der Waals surface area contributed by atoms with Crippen LogP contribution in [0.25, 0.3) is 11.1 Å². The maximum absolute atomic E-state index is 12.7. The van der Waals surface area contributed by atoms with Crippen molar-refractivity contribution >= 4 is 29.3 Å². The van der Waals surface area contributed by atoms with E-state index in [1.54, 1.807) is 11.7 Å². The van der Waals surface area contributed by atoms with E-state index in [4.69, 9.17) is 11.2 Å². The summed E-state index contributed by atoms with van der Waals surface area (Å²) in [5.41, 5.74) is 5.90. The minimum atomic E-state index is -1.20. The Morgan fingerprint density at radius 3 is 2.29 bits per heavy atom. The summed E-state index contributed by atoms with van der Waals surface area (Å²) in [4.78, 5) is 41.6. The Hall–Kier alpha value is -4.16. The molecule has 2 unspecified atom stereocenters. The number of benzene rings is 2. The Kier molecular flexibility index (Phi) is 7.43. The van der Waals surface area contributed by atoms with Gasteiger partial charge in [-0.3, -0.25) is 9.78 Å². The SMILES string of the molecule is C#CCC(NC(=O)OCC1c2ccccc2-c2ccccc21)C(=O)NC(Cc1cncs1)C(=O)O. The highest BCUT2D eigenvalue weighted by Gasteiger charge is 2.30. The third-order valence-corrected chi connectivity index (χ3v) is 6.58. The van der Waals surface area contributed by atoms with E-state index < -0.39 is 30.1 Å². The molecule has 9 heteroatoms. The maximum atomic E-state index is 12.7. The first-order valence-electron chi connectivity index (χ1n) is 10.9. The first kappa shape index (κ1) is 24.0. The number of alkyl carbamates (subject to hydrolysis) is 1. The molecule has 0 radical (unpaired) electrons. The fourth-order valence-corrected chi connectivity index (χ4v) is 4.77. The minimum absolute atomic E-state index is 0.0689. The van der Waals surface area contributed by atoms with E-state index in [1.165, 1.54) is 11.3 Å². The maximum Gasteiger partial charge on any atom is 0.407 e. The Labute approximate surface area is 206 Å². The van der Waals surface area contributed by atoms with Gasteiger partial charge in [0.15, 0.2) is 0 Å². The summed E-state index contributed by atoms with van der Waals surface area (Å²) >= 11 is 1.29. The summed E-state index contributed by atoms with van der Waals surface area (Å²) in [5, 5.41) is 14.4. The molecule has 3 N–H and O–H groups in total. The van der Waals surface area contributed by atoms with Gasteiger partial charge in [0.25, 0.3) is 0 Å². The van der Waals surface area contributed by atoms with Crippen molar-refractivity contribution in [2.75, 3.05) is 6.61 Å². The number of carbonyl (C=O) groups is 3. The lowest BCUT2D eigenvalue weighted by molar-refractivity contribution is -0.142. The van der Waals surface area contributed by atoms with Crippen LogP contribution in [0.2, 0.25) is 0 Å². The normalized spacial score (nSPS) is 13.6. The fourth-order valence-electron chi connectivity index (χ4n) is 4.13. The Morgan fingerprint density at radius 1 is 1.06 bits per heavy atom. The van der Waals surface area contributed by atoms with Crippen molar-refractivity contribution in [3.63, 3.8) is 0 Å². The molecule has 8 nitrogen and oxygen atoms in total. The second-order valence-electron chi connectivity index (χ2n) is 8.00. The van der Waals surface area contributed by atoms with Crippen molar-refractivity contribution < 1.29 is 24.2 Å². The summed E-state index contributed by atoms with van der Waals surface area (Å²) in [7, 11) is 0. The van der Waals surface area contributed by atoms with Crippen LogP contribution >= 0.6 is 11.3 Å². The molecule has 2 aromatic carbocycles. The van der Waals surface area contributed by atoms with Crippen molar-refractivity contribution in [3.05, 3.63) is 76.2 Å². The van der Waals surface area contributed by atoms with Crippen molar-refractivity contribution in [2.24, 2.45) is 0 Å². The zero-order chi connectivity index (χ0) is 24.8. The van der Waals surface area contributed by atoms with Gasteiger partial charge < -0.3 is 20.5 Å². The number of fused-ring (bicyclic) bond motifs is 3. The average molecular weight is 490 g/mol. The van der Waals surface area contributed by atoms with E-state index in [-0.39, 0.29) is 25.4 Å². The Morgan fingerprint density at radius 2 is 1.71 bits per heavy atom. The number of nitrogens with zero attached hydrogens (tertiary/aromatic N) is 1. The van der Waals surface area contributed by atoms with Gasteiger partial charge in [0.05, 0.1) is 5.51 Å². The van der Waals surface area contributed by atoms with Gasteiger partial charge in [-0.1, -0.05) is 48.5 Å². The number of hydrogen-bond acceptors (Lipinski definition) is 6. The molecule has 1 aromatic heterocycles. The molecule has 3 aromatic rings. The smallest absolute Gasteiger partial charge is 0.407 e. The Balaban J connectivity index is 1.39. The molecule has 4 rings (SSSR count). The van der Waals surface area contributed by atoms with Crippen LogP contribution in [0.3, 0.4) is 0 Å². The second-order valence-corrected chi connectivity index (χ2v) is 8.97. The van der Waals surface area contributed by atoms with E-state index in [0.29, 0.717) is 4.88 Å². The monoisotopic (exact) mass is 489 g/mol. The van der Waals surface area contributed by atoms with Crippen molar-refractivity contribution in [2.45, 2.75) is 30.8 Å². The third-order valence-electron chi connectivity index (χ3n) is 5.78. The predicted molar refractivity (Wildman–Crippen MR) is 131 cm³/mol. The van der Waals surface area contributed by atoms with Crippen LogP contribution in [0.1, 0.15) is 28.3 Å². The van der Waals surface area contributed by atoms with Gasteiger partial charge in [-0.15, -0.1) is 23.7 Å². The summed E-state index contributed by atoms with van der Waals surface area (Å²) in [6.45, 7) is 0.0768. The van der Waals surface area contributed by atoms with Crippen molar-refractivity contribution in [3.8, 4) is 23.5 Å². The van der Waals surface area contributed by atoms with Crippen LogP contribution in [0.15, 0.2) is 60.2 Å². The number of terminal acetylenes is 1. The number of ether oxygens (including phenoxy) is 1. The van der Waals surface area contributed by atoms with Crippen molar-refractivity contribution in [1.82, 2.24) is 15.6 Å². The van der Waals surface area contributed by atoms with Crippen molar-refractivity contribution in [1.29, 1.82) is 0 Å². The van der Waals surface area contributed by atoms with Gasteiger partial charge in [0.2, 0.25) is 5.91 Å². The molecule has 0 bridgehead atoms. The zero-order valence-electron chi connectivity index (χ0n) is 18.6. The number of hydrogen-bond donors (Lipinski definition) is 3. The number of nitrogens with one attached hydrogen (secondary N) is 2. The highest BCUT2D eigenvalue weighted by Crippen LogP contribution is 2.44. The number of aliphatic carboxylic acids is 1. The number of carbonyl (C=O) groups excluding carboxylic acids is 2. The molecule has 1 aliphatic rings. The molecule has 0 spiro atoms. The number of thiazole rings is 1. The molecule has 0 saturated heterocycles. The van der Waals surface area contributed by atoms with Crippen LogP contribution in [0.4, 0.5) is 4.79 Å². The largest absolute Gasteiger partial charge is 0.480 e. The van der Waals surface area contributed by atoms with Crippen LogP contribution in [-0.4, -0.2) is 46.8 Å². The first-order chi connectivity index (χ1) is 17.0. The van der Waals surface area contributed by atoms with Gasteiger partial charge in [0.1, 0.15) is 18.7 Å². The minimum Gasteiger partial charge on any atom is -0.480 e. The van der Waals surface area contributed by atoms with E-state index >= 15 is 0 Å². The van der Waals surface area contributed by atoms with Gasteiger partial charge in [-0.25, -0.2) is 9.59 Å². The number of carboxylic acid groups (broad SMARTS) is 1. The number of rotatable bonds is 9. The standard InChI is InChI=1S/C26H23N3O5S/c1-2-7-22(24(30)28-23(25(31)32)12-16-13-27-15-35-16)29-26(33)34-14-21-19-10-5-3-8-17(19)18-9-4-6-11-20(18)21/h1,3-6,8-11,13,15,21-23H,7,12,14H2,(H,28,30)(H,29,33)(H,31,32). The van der Waals surface area contributed by atoms with Gasteiger partial charge in [-0.05, 0) is 22.3 Å². The third kappa shape index (κ3) is 5.50. The molecule has 178 valence electrons. The molecule has 35 heavy (non-hydrogen) atoms. The topological polar surface area (TPSA) is 118 Å². The number of carboxylic acids is 1. The fraction of sp³-hybridized carbons (Fsp3) is 0.231. The van der Waals surface area contributed by atoms with E-state index in [2.05, 4.69) is 21.5 Å². The van der Waals surface area contributed by atoms with Gasteiger partial charge in [-0.2, -0.15) is 0 Å². The lowest BCUT2D eigenvalue weighted by atomic mass is 9.98. The van der Waals surface area contributed by atoms with Crippen LogP contribution in [-0.2, 0) is 20.7 Å². The zero-order valence-corrected chi connectivity index (χ0v) is 19.5. The van der Waals surface area contributed by atoms with E-state index in [9.17, 15) is 19.5 Å². The molecular formula is C26H23N3O5S. The van der Waals surface area contributed by atoms with Crippen LogP contribution in [0.5, 0.6) is 0 Å². The second kappa shape index (κ2) is 10.8. The molecule has 1 heterocycles. The number of amides is 2. The average Bonchev–Trinajstić information content (AvgIpc) is 3.48. The molecular weight excluding hydrogens is 466 g/mol. The quantitative estimate of drug-likeness (QED) is 0.398. The Bertz CT molecular complexity index is 1220. The lowest BCUT2D eigenvalue weighted by Gasteiger charge is -2.20. The highest BCUT2D eigenvalue weighted by molar-refractivity contribution is 7.09. The highest BCUT2D eigenvalue weighted by atomic mass is 32.1. The molecule has 2 amide bonds. The summed E-state index contributed by atoms with van der Waals surface area (Å²) in [5.74, 6) is 0.301. The summed E-state index contributed by atoms with van der Waals surface area (Å²) in [6, 6.07) is 13.6. The molecule has 2 atom stereocenters.